The predicted molar refractivity (Wildman–Crippen MR) is 92.9 cm³/mol. The van der Waals surface area contributed by atoms with Crippen molar-refractivity contribution in [1.82, 2.24) is 24.9 Å². The van der Waals surface area contributed by atoms with Crippen molar-refractivity contribution in [1.29, 1.82) is 0 Å². The fourth-order valence-corrected chi connectivity index (χ4v) is 4.09. The van der Waals surface area contributed by atoms with Gasteiger partial charge in [0.05, 0.1) is 22.8 Å². The molecule has 1 saturated heterocycles. The molecule has 1 unspecified atom stereocenters. The minimum absolute atomic E-state index is 0.0165. The first-order chi connectivity index (χ1) is 11.6. The number of aromatic amines is 1. The van der Waals surface area contributed by atoms with Gasteiger partial charge in [0.2, 0.25) is 0 Å². The molecule has 124 valence electrons. The number of carbonyl (C=O) groups excluding carboxylic acids is 1. The van der Waals surface area contributed by atoms with Gasteiger partial charge in [-0.05, 0) is 38.0 Å². The smallest absolute Gasteiger partial charge is 0.274 e. The van der Waals surface area contributed by atoms with E-state index < -0.39 is 0 Å². The van der Waals surface area contributed by atoms with Gasteiger partial charge in [-0.25, -0.2) is 0 Å². The molecule has 7 heteroatoms. The van der Waals surface area contributed by atoms with E-state index >= 15 is 0 Å². The Hall–Kier alpha value is -2.41. The highest BCUT2D eigenvalue weighted by atomic mass is 32.1. The third kappa shape index (κ3) is 2.65. The average molecular weight is 341 g/mol. The van der Waals surface area contributed by atoms with Gasteiger partial charge in [0.15, 0.2) is 5.69 Å². The third-order valence-electron chi connectivity index (χ3n) is 4.43. The van der Waals surface area contributed by atoms with Gasteiger partial charge in [-0.3, -0.25) is 14.6 Å². The fourth-order valence-electron chi connectivity index (χ4n) is 3.25. The normalized spacial score (nSPS) is 17.6. The molecule has 0 bridgehead atoms. The number of aromatic nitrogens is 4. The number of aryl methyl sites for hydroxylation is 2. The molecule has 1 fully saturated rings. The number of H-pyrrole nitrogens is 1. The van der Waals surface area contributed by atoms with Crippen LogP contribution in [0.3, 0.4) is 0 Å². The Balaban J connectivity index is 1.58. The van der Waals surface area contributed by atoms with E-state index in [-0.39, 0.29) is 11.9 Å². The summed E-state index contributed by atoms with van der Waals surface area (Å²) in [6, 6.07) is 6.07. The molecule has 24 heavy (non-hydrogen) atoms. The second-order valence-corrected chi connectivity index (χ2v) is 7.47. The van der Waals surface area contributed by atoms with Crippen LogP contribution in [0.1, 0.15) is 39.8 Å². The second-order valence-electron chi connectivity index (χ2n) is 6.18. The molecule has 0 saturated carbocycles. The lowest BCUT2D eigenvalue weighted by Gasteiger charge is -2.22. The largest absolute Gasteiger partial charge is 0.330 e. The van der Waals surface area contributed by atoms with Crippen LogP contribution in [0.25, 0.3) is 10.6 Å². The van der Waals surface area contributed by atoms with Crippen LogP contribution < -0.4 is 0 Å². The van der Waals surface area contributed by atoms with Crippen LogP contribution in [0.4, 0.5) is 0 Å². The summed E-state index contributed by atoms with van der Waals surface area (Å²) in [5, 5.41) is 11.5. The van der Waals surface area contributed by atoms with Crippen molar-refractivity contribution in [3.05, 3.63) is 46.7 Å². The first-order valence-corrected chi connectivity index (χ1v) is 8.85. The topological polar surface area (TPSA) is 66.8 Å². The van der Waals surface area contributed by atoms with Gasteiger partial charge in [-0.2, -0.15) is 10.2 Å². The zero-order chi connectivity index (χ0) is 16.7. The van der Waals surface area contributed by atoms with E-state index in [9.17, 15) is 4.79 Å². The Bertz CT molecular complexity index is 877. The van der Waals surface area contributed by atoms with Crippen molar-refractivity contribution in [2.45, 2.75) is 25.8 Å². The summed E-state index contributed by atoms with van der Waals surface area (Å²) < 4.78 is 1.78. The summed E-state index contributed by atoms with van der Waals surface area (Å²) in [4.78, 5) is 17.2. The Morgan fingerprint density at radius 3 is 3.00 bits per heavy atom. The minimum Gasteiger partial charge on any atom is -0.330 e. The zero-order valence-electron chi connectivity index (χ0n) is 13.7. The van der Waals surface area contributed by atoms with E-state index in [0.717, 1.165) is 35.5 Å². The molecule has 1 N–H and O–H groups in total. The highest BCUT2D eigenvalue weighted by Crippen LogP contribution is 2.33. The Morgan fingerprint density at radius 2 is 2.29 bits per heavy atom. The monoisotopic (exact) mass is 341 g/mol. The molecule has 4 heterocycles. The summed E-state index contributed by atoms with van der Waals surface area (Å²) in [5.41, 5.74) is 2.47. The van der Waals surface area contributed by atoms with Gasteiger partial charge in [-0.1, -0.05) is 0 Å². The van der Waals surface area contributed by atoms with Crippen LogP contribution in [0.15, 0.2) is 30.6 Å². The number of thiophene rings is 1. The molecule has 1 aliphatic rings. The third-order valence-corrected chi connectivity index (χ3v) is 5.46. The van der Waals surface area contributed by atoms with Gasteiger partial charge >= 0.3 is 0 Å². The first-order valence-electron chi connectivity index (χ1n) is 8.03. The number of hydrogen-bond acceptors (Lipinski definition) is 4. The van der Waals surface area contributed by atoms with Gasteiger partial charge in [-0.15, -0.1) is 11.3 Å². The van der Waals surface area contributed by atoms with Crippen molar-refractivity contribution < 1.29 is 4.79 Å². The fraction of sp³-hybridized carbons (Fsp3) is 0.353. The molecule has 1 aliphatic heterocycles. The van der Waals surface area contributed by atoms with E-state index in [2.05, 4.69) is 34.4 Å². The lowest BCUT2D eigenvalue weighted by Crippen LogP contribution is -2.30. The van der Waals surface area contributed by atoms with E-state index in [0.29, 0.717) is 5.69 Å². The molecule has 1 amide bonds. The molecule has 0 radical (unpaired) electrons. The molecule has 0 aliphatic carbocycles. The van der Waals surface area contributed by atoms with Crippen molar-refractivity contribution in [2.75, 3.05) is 6.54 Å². The standard InChI is InChI=1S/C17H19N5OS/c1-11-5-6-16(24-11)13-8-14(20-19-13)17(23)22-7-3-4-15(22)12-9-18-21(2)10-12/h5-6,8-10,15H,3-4,7H2,1-2H3,(H,19,20). The van der Waals surface area contributed by atoms with Crippen molar-refractivity contribution in [3.8, 4) is 10.6 Å². The molecule has 0 aromatic carbocycles. The maximum Gasteiger partial charge on any atom is 0.274 e. The number of amides is 1. The maximum absolute atomic E-state index is 12.9. The molecule has 3 aromatic rings. The van der Waals surface area contributed by atoms with Crippen molar-refractivity contribution >= 4 is 17.2 Å². The number of nitrogens with one attached hydrogen (secondary N) is 1. The highest BCUT2D eigenvalue weighted by molar-refractivity contribution is 7.15. The SMILES string of the molecule is Cc1ccc(-c2cc(C(=O)N3CCCC3c3cnn(C)c3)n[nH]2)s1. The molecule has 4 rings (SSSR count). The number of nitrogens with zero attached hydrogens (tertiary/aromatic N) is 4. The number of hydrogen-bond donors (Lipinski definition) is 1. The number of carbonyl (C=O) groups is 1. The minimum atomic E-state index is -0.0165. The Morgan fingerprint density at radius 1 is 1.42 bits per heavy atom. The Kier molecular flexibility index (Phi) is 3.72. The van der Waals surface area contributed by atoms with Crippen LogP contribution in [0.2, 0.25) is 0 Å². The predicted octanol–water partition coefficient (Wildman–Crippen LogP) is 3.16. The average Bonchev–Trinajstić information content (AvgIpc) is 3.33. The van der Waals surface area contributed by atoms with E-state index in [4.69, 9.17) is 0 Å². The van der Waals surface area contributed by atoms with Crippen LogP contribution in [0, 0.1) is 6.92 Å². The van der Waals surface area contributed by atoms with Crippen LogP contribution in [-0.4, -0.2) is 37.3 Å². The number of rotatable bonds is 3. The lowest BCUT2D eigenvalue weighted by molar-refractivity contribution is 0.0729. The molecular weight excluding hydrogens is 322 g/mol. The maximum atomic E-state index is 12.9. The van der Waals surface area contributed by atoms with E-state index in [1.54, 1.807) is 16.0 Å². The van der Waals surface area contributed by atoms with Crippen LogP contribution in [0.5, 0.6) is 0 Å². The summed E-state index contributed by atoms with van der Waals surface area (Å²) in [7, 11) is 1.90. The summed E-state index contributed by atoms with van der Waals surface area (Å²) in [6.07, 6.45) is 5.81. The highest BCUT2D eigenvalue weighted by Gasteiger charge is 2.32. The summed E-state index contributed by atoms with van der Waals surface area (Å²) in [5.74, 6) is -0.0165. The zero-order valence-corrected chi connectivity index (χ0v) is 14.5. The summed E-state index contributed by atoms with van der Waals surface area (Å²) >= 11 is 1.69. The molecule has 3 aromatic heterocycles. The first kappa shape index (κ1) is 15.1. The van der Waals surface area contributed by atoms with E-state index in [1.165, 1.54) is 4.88 Å². The molecule has 6 nitrogen and oxygen atoms in total. The van der Waals surface area contributed by atoms with Gasteiger partial charge in [0.1, 0.15) is 0 Å². The molecular formula is C17H19N5OS. The van der Waals surface area contributed by atoms with Gasteiger partial charge in [0, 0.05) is 30.2 Å². The Labute approximate surface area is 144 Å². The summed E-state index contributed by atoms with van der Waals surface area (Å²) in [6.45, 7) is 2.83. The van der Waals surface area contributed by atoms with Crippen LogP contribution in [-0.2, 0) is 7.05 Å². The second kappa shape index (κ2) is 5.90. The van der Waals surface area contributed by atoms with Gasteiger partial charge < -0.3 is 4.90 Å². The van der Waals surface area contributed by atoms with E-state index in [1.807, 2.05) is 30.4 Å². The number of likely N-dealkylation sites (tertiary alicyclic amines) is 1. The van der Waals surface area contributed by atoms with Crippen LogP contribution >= 0.6 is 11.3 Å². The van der Waals surface area contributed by atoms with Crippen molar-refractivity contribution in [3.63, 3.8) is 0 Å². The quantitative estimate of drug-likeness (QED) is 0.796. The molecule has 0 spiro atoms. The van der Waals surface area contributed by atoms with Crippen molar-refractivity contribution in [2.24, 2.45) is 7.05 Å². The van der Waals surface area contributed by atoms with Gasteiger partial charge in [0.25, 0.3) is 5.91 Å². The molecule has 1 atom stereocenters. The lowest BCUT2D eigenvalue weighted by atomic mass is 10.1.